The zero-order valence-corrected chi connectivity index (χ0v) is 14.2. The predicted molar refractivity (Wildman–Crippen MR) is 93.0 cm³/mol. The molecule has 5 heteroatoms. The predicted octanol–water partition coefficient (Wildman–Crippen LogP) is 4.31. The molecule has 1 N–H and O–H groups in total. The second kappa shape index (κ2) is 5.96. The molecule has 0 bridgehead atoms. The van der Waals surface area contributed by atoms with E-state index in [9.17, 15) is 4.79 Å². The lowest BCUT2D eigenvalue weighted by molar-refractivity contribution is 0.206. The zero-order valence-electron chi connectivity index (χ0n) is 13.3. The number of amides is 2. The molecule has 4 nitrogen and oxygen atoms in total. The second-order valence-electron chi connectivity index (χ2n) is 6.41. The third-order valence-electron chi connectivity index (χ3n) is 4.84. The summed E-state index contributed by atoms with van der Waals surface area (Å²) in [5, 5.41) is 6.23. The molecule has 1 aliphatic heterocycles. The number of hydrogen-bond donors (Lipinski definition) is 1. The fraction of sp³-hybridized carbons (Fsp3) is 0.444. The van der Waals surface area contributed by atoms with Crippen molar-refractivity contribution in [3.8, 4) is 0 Å². The number of rotatable bonds is 2. The maximum absolute atomic E-state index is 12.7. The first-order valence-electron chi connectivity index (χ1n) is 8.32. The molecule has 2 aliphatic rings. The van der Waals surface area contributed by atoms with Crippen LogP contribution in [0.5, 0.6) is 0 Å². The molecule has 120 valence electrons. The summed E-state index contributed by atoms with van der Waals surface area (Å²) < 4.78 is 0. The van der Waals surface area contributed by atoms with Gasteiger partial charge >= 0.3 is 6.03 Å². The van der Waals surface area contributed by atoms with Crippen molar-refractivity contribution >= 4 is 23.1 Å². The standard InChI is InChI=1S/C18H21N3OS/c1-12-19-16(11-23-12)17-6-3-9-21(17)18(22)20-15-8-7-13-4-2-5-14(13)10-15/h7-8,10-11,17H,2-6,9H2,1H3,(H,20,22). The monoisotopic (exact) mass is 327 g/mol. The van der Waals surface area contributed by atoms with E-state index in [-0.39, 0.29) is 12.1 Å². The van der Waals surface area contributed by atoms with E-state index in [1.165, 1.54) is 24.0 Å². The van der Waals surface area contributed by atoms with Gasteiger partial charge in [0.2, 0.25) is 0 Å². The van der Waals surface area contributed by atoms with Gasteiger partial charge in [-0.3, -0.25) is 0 Å². The molecule has 1 aliphatic carbocycles. The number of fused-ring (bicyclic) bond motifs is 1. The van der Waals surface area contributed by atoms with Crippen LogP contribution in [0.3, 0.4) is 0 Å². The molecule has 0 saturated carbocycles. The Morgan fingerprint density at radius 1 is 1.30 bits per heavy atom. The number of carbonyl (C=O) groups is 1. The number of thiazole rings is 1. The Balaban J connectivity index is 1.50. The highest BCUT2D eigenvalue weighted by molar-refractivity contribution is 7.09. The molecule has 2 heterocycles. The second-order valence-corrected chi connectivity index (χ2v) is 7.47. The number of nitrogens with zero attached hydrogens (tertiary/aromatic N) is 2. The Kier molecular flexibility index (Phi) is 3.81. The Morgan fingerprint density at radius 2 is 2.17 bits per heavy atom. The number of urea groups is 1. The highest BCUT2D eigenvalue weighted by atomic mass is 32.1. The van der Waals surface area contributed by atoms with Crippen molar-refractivity contribution in [3.05, 3.63) is 45.4 Å². The molecule has 1 saturated heterocycles. The minimum atomic E-state index is -0.00361. The minimum absolute atomic E-state index is 0.00361. The van der Waals surface area contributed by atoms with Gasteiger partial charge in [-0.15, -0.1) is 11.3 Å². The van der Waals surface area contributed by atoms with Crippen molar-refractivity contribution in [2.45, 2.75) is 45.1 Å². The van der Waals surface area contributed by atoms with Crippen LogP contribution in [0, 0.1) is 6.92 Å². The molecule has 1 aromatic carbocycles. The fourth-order valence-electron chi connectivity index (χ4n) is 3.70. The third kappa shape index (κ3) is 2.85. The lowest BCUT2D eigenvalue weighted by Gasteiger charge is -2.24. The maximum atomic E-state index is 12.7. The summed E-state index contributed by atoms with van der Waals surface area (Å²) in [6, 6.07) is 6.44. The van der Waals surface area contributed by atoms with Crippen molar-refractivity contribution in [2.24, 2.45) is 0 Å². The molecule has 2 amide bonds. The molecule has 4 rings (SSSR count). The van der Waals surface area contributed by atoms with Gasteiger partial charge in [0, 0.05) is 17.6 Å². The van der Waals surface area contributed by atoms with E-state index in [1.54, 1.807) is 11.3 Å². The lowest BCUT2D eigenvalue weighted by atomic mass is 10.1. The number of carbonyl (C=O) groups excluding carboxylic acids is 1. The summed E-state index contributed by atoms with van der Waals surface area (Å²) in [4.78, 5) is 19.2. The minimum Gasteiger partial charge on any atom is -0.316 e. The number of nitrogens with one attached hydrogen (secondary N) is 1. The zero-order chi connectivity index (χ0) is 15.8. The molecule has 0 radical (unpaired) electrons. The average Bonchev–Trinajstić information content (AvgIpc) is 3.26. The van der Waals surface area contributed by atoms with E-state index >= 15 is 0 Å². The van der Waals surface area contributed by atoms with E-state index in [2.05, 4.69) is 27.8 Å². The van der Waals surface area contributed by atoms with E-state index in [4.69, 9.17) is 0 Å². The van der Waals surface area contributed by atoms with Crippen molar-refractivity contribution in [3.63, 3.8) is 0 Å². The molecule has 0 spiro atoms. The smallest absolute Gasteiger partial charge is 0.316 e. The maximum Gasteiger partial charge on any atom is 0.322 e. The molecule has 1 atom stereocenters. The van der Waals surface area contributed by atoms with Crippen molar-refractivity contribution in [1.29, 1.82) is 0 Å². The summed E-state index contributed by atoms with van der Waals surface area (Å²) >= 11 is 1.65. The summed E-state index contributed by atoms with van der Waals surface area (Å²) in [6.45, 7) is 2.82. The van der Waals surface area contributed by atoms with Crippen LogP contribution >= 0.6 is 11.3 Å². The van der Waals surface area contributed by atoms with Crippen LogP contribution in [0.15, 0.2) is 23.6 Å². The van der Waals surface area contributed by atoms with E-state index in [0.717, 1.165) is 42.2 Å². The Morgan fingerprint density at radius 3 is 3.00 bits per heavy atom. The highest BCUT2D eigenvalue weighted by Gasteiger charge is 2.31. The number of aryl methyl sites for hydroxylation is 3. The molecular formula is C18H21N3OS. The third-order valence-corrected chi connectivity index (χ3v) is 5.63. The number of aromatic nitrogens is 1. The summed E-state index contributed by atoms with van der Waals surface area (Å²) in [7, 11) is 0. The number of likely N-dealkylation sites (tertiary alicyclic amines) is 1. The van der Waals surface area contributed by atoms with Gasteiger partial charge in [0.1, 0.15) is 0 Å². The quantitative estimate of drug-likeness (QED) is 0.893. The van der Waals surface area contributed by atoms with Gasteiger partial charge in [0.15, 0.2) is 0 Å². The molecule has 23 heavy (non-hydrogen) atoms. The van der Waals surface area contributed by atoms with E-state index < -0.39 is 0 Å². The molecule has 1 aromatic heterocycles. The van der Waals surface area contributed by atoms with Crippen LogP contribution in [0.1, 0.15) is 47.1 Å². The summed E-state index contributed by atoms with van der Waals surface area (Å²) in [6.07, 6.45) is 5.56. The molecule has 1 fully saturated rings. The van der Waals surface area contributed by atoms with Gasteiger partial charge in [-0.05, 0) is 62.3 Å². The van der Waals surface area contributed by atoms with Crippen LogP contribution in [-0.4, -0.2) is 22.5 Å². The first-order valence-corrected chi connectivity index (χ1v) is 9.20. The van der Waals surface area contributed by atoms with Crippen LogP contribution in [0.25, 0.3) is 0 Å². The van der Waals surface area contributed by atoms with E-state index in [0.29, 0.717) is 0 Å². The SMILES string of the molecule is Cc1nc(C2CCCN2C(=O)Nc2ccc3c(c2)CCC3)cs1. The van der Waals surface area contributed by atoms with Crippen molar-refractivity contribution < 1.29 is 4.79 Å². The Bertz CT molecular complexity index is 740. The van der Waals surface area contributed by atoms with Crippen LogP contribution in [0.4, 0.5) is 10.5 Å². The van der Waals surface area contributed by atoms with Gasteiger partial charge in [-0.25, -0.2) is 9.78 Å². The number of hydrogen-bond acceptors (Lipinski definition) is 3. The first kappa shape index (κ1) is 14.7. The number of benzene rings is 1. The van der Waals surface area contributed by atoms with Crippen molar-refractivity contribution in [1.82, 2.24) is 9.88 Å². The average molecular weight is 327 g/mol. The van der Waals surface area contributed by atoms with Crippen LogP contribution in [-0.2, 0) is 12.8 Å². The van der Waals surface area contributed by atoms with E-state index in [1.807, 2.05) is 17.9 Å². The van der Waals surface area contributed by atoms with Gasteiger partial charge in [0.05, 0.1) is 16.7 Å². The van der Waals surface area contributed by atoms with Gasteiger partial charge in [-0.1, -0.05) is 6.07 Å². The Hall–Kier alpha value is -1.88. The Labute approximate surface area is 140 Å². The molecular weight excluding hydrogens is 306 g/mol. The molecule has 1 unspecified atom stereocenters. The van der Waals surface area contributed by atoms with Crippen LogP contribution in [0.2, 0.25) is 0 Å². The first-order chi connectivity index (χ1) is 11.2. The highest BCUT2D eigenvalue weighted by Crippen LogP contribution is 2.33. The summed E-state index contributed by atoms with van der Waals surface area (Å²) in [5.41, 5.74) is 4.76. The van der Waals surface area contributed by atoms with Crippen molar-refractivity contribution in [2.75, 3.05) is 11.9 Å². The van der Waals surface area contributed by atoms with Gasteiger partial charge in [-0.2, -0.15) is 0 Å². The number of anilines is 1. The fourth-order valence-corrected chi connectivity index (χ4v) is 4.35. The molecule has 2 aromatic rings. The lowest BCUT2D eigenvalue weighted by Crippen LogP contribution is -2.34. The van der Waals surface area contributed by atoms with Crippen LogP contribution < -0.4 is 5.32 Å². The summed E-state index contributed by atoms with van der Waals surface area (Å²) in [5.74, 6) is 0. The topological polar surface area (TPSA) is 45.2 Å². The van der Waals surface area contributed by atoms with Gasteiger partial charge < -0.3 is 10.2 Å². The normalized spacial score (nSPS) is 19.9. The van der Waals surface area contributed by atoms with Gasteiger partial charge in [0.25, 0.3) is 0 Å². The largest absolute Gasteiger partial charge is 0.322 e.